The smallest absolute Gasteiger partial charge is 0.308 e. The van der Waals surface area contributed by atoms with Crippen molar-refractivity contribution in [2.24, 2.45) is 0 Å². The Labute approximate surface area is 88.0 Å². The van der Waals surface area contributed by atoms with Crippen molar-refractivity contribution in [3.05, 3.63) is 0 Å². The minimum absolute atomic E-state index is 0.198. The van der Waals surface area contributed by atoms with Gasteiger partial charge in [-0.2, -0.15) is 0 Å². The number of aliphatic hydroxyl groups is 2. The Morgan fingerprint density at radius 1 is 1.60 bits per heavy atom. The first-order valence-electron chi connectivity index (χ1n) is 5.27. The number of ether oxygens (including phenoxy) is 2. The highest BCUT2D eigenvalue weighted by Gasteiger charge is 2.44. The number of fused-ring (bicyclic) bond motifs is 2. The van der Waals surface area contributed by atoms with E-state index in [2.05, 4.69) is 0 Å². The molecule has 4 unspecified atom stereocenters. The van der Waals surface area contributed by atoms with E-state index in [-0.39, 0.29) is 18.5 Å². The lowest BCUT2D eigenvalue weighted by Crippen LogP contribution is -2.39. The summed E-state index contributed by atoms with van der Waals surface area (Å²) in [6.07, 6.45) is -1.41. The van der Waals surface area contributed by atoms with Gasteiger partial charge in [-0.1, -0.05) is 0 Å². The van der Waals surface area contributed by atoms with E-state index >= 15 is 0 Å². The summed E-state index contributed by atoms with van der Waals surface area (Å²) in [6.45, 7) is 1.62. The maximum absolute atomic E-state index is 11.3. The topological polar surface area (TPSA) is 76.0 Å². The van der Waals surface area contributed by atoms with Crippen LogP contribution in [0, 0.1) is 0 Å². The van der Waals surface area contributed by atoms with Crippen molar-refractivity contribution in [1.29, 1.82) is 0 Å². The molecule has 86 valence electrons. The molecule has 0 aromatic heterocycles. The van der Waals surface area contributed by atoms with Crippen molar-refractivity contribution in [1.82, 2.24) is 0 Å². The number of esters is 1. The molecule has 0 spiro atoms. The van der Waals surface area contributed by atoms with E-state index in [1.54, 1.807) is 6.92 Å². The summed E-state index contributed by atoms with van der Waals surface area (Å²) in [7, 11) is 0. The van der Waals surface area contributed by atoms with Crippen LogP contribution < -0.4 is 0 Å². The van der Waals surface area contributed by atoms with Gasteiger partial charge in [0, 0.05) is 12.8 Å². The lowest BCUT2D eigenvalue weighted by atomic mass is 10.00. The molecule has 2 rings (SSSR count). The average molecular weight is 216 g/mol. The zero-order chi connectivity index (χ0) is 11.0. The third-order valence-corrected chi connectivity index (χ3v) is 2.85. The second-order valence-electron chi connectivity index (χ2n) is 4.34. The van der Waals surface area contributed by atoms with Crippen LogP contribution in [0.2, 0.25) is 0 Å². The van der Waals surface area contributed by atoms with Crippen LogP contribution in [0.4, 0.5) is 0 Å². The van der Waals surface area contributed by atoms with Crippen molar-refractivity contribution in [2.45, 2.75) is 56.7 Å². The molecule has 2 saturated heterocycles. The van der Waals surface area contributed by atoms with Gasteiger partial charge in [0.15, 0.2) is 0 Å². The molecule has 2 heterocycles. The van der Waals surface area contributed by atoms with Crippen LogP contribution in [-0.2, 0) is 14.3 Å². The van der Waals surface area contributed by atoms with E-state index in [4.69, 9.17) is 9.47 Å². The van der Waals surface area contributed by atoms with E-state index in [0.29, 0.717) is 12.8 Å². The molecule has 2 bridgehead atoms. The Morgan fingerprint density at radius 3 is 3.00 bits per heavy atom. The van der Waals surface area contributed by atoms with Gasteiger partial charge in [-0.15, -0.1) is 0 Å². The minimum atomic E-state index is -0.591. The zero-order valence-corrected chi connectivity index (χ0v) is 8.63. The molecular formula is C10H16O5. The highest BCUT2D eigenvalue weighted by molar-refractivity contribution is 5.70. The number of hydrogen-bond donors (Lipinski definition) is 2. The number of carbonyl (C=O) groups is 1. The molecule has 0 aromatic carbocycles. The zero-order valence-electron chi connectivity index (χ0n) is 8.63. The molecule has 5 atom stereocenters. The highest BCUT2D eigenvalue weighted by atomic mass is 16.6. The van der Waals surface area contributed by atoms with Crippen LogP contribution in [0.5, 0.6) is 0 Å². The average Bonchev–Trinajstić information content (AvgIpc) is 2.36. The first-order chi connectivity index (χ1) is 7.06. The number of rotatable bonds is 2. The third-order valence-electron chi connectivity index (χ3n) is 2.85. The summed E-state index contributed by atoms with van der Waals surface area (Å²) in [5, 5.41) is 19.0. The molecule has 0 saturated carbocycles. The Morgan fingerprint density at radius 2 is 2.33 bits per heavy atom. The number of cyclic esters (lactones) is 1. The van der Waals surface area contributed by atoms with Crippen molar-refractivity contribution < 1.29 is 24.5 Å². The van der Waals surface area contributed by atoms with Gasteiger partial charge in [-0.3, -0.25) is 4.79 Å². The fourth-order valence-corrected chi connectivity index (χ4v) is 2.23. The van der Waals surface area contributed by atoms with Gasteiger partial charge in [-0.05, 0) is 6.92 Å². The fraction of sp³-hybridized carbons (Fsp3) is 0.900. The Balaban J connectivity index is 2.09. The van der Waals surface area contributed by atoms with Gasteiger partial charge in [0.25, 0.3) is 0 Å². The summed E-state index contributed by atoms with van der Waals surface area (Å²) in [5.41, 5.74) is 0. The van der Waals surface area contributed by atoms with Crippen molar-refractivity contribution in [3.8, 4) is 0 Å². The van der Waals surface area contributed by atoms with Gasteiger partial charge in [0.1, 0.15) is 12.2 Å². The maximum atomic E-state index is 11.3. The van der Waals surface area contributed by atoms with Crippen LogP contribution in [0.25, 0.3) is 0 Å². The largest absolute Gasteiger partial charge is 0.459 e. The van der Waals surface area contributed by atoms with E-state index in [9.17, 15) is 15.0 Å². The van der Waals surface area contributed by atoms with Crippen LogP contribution in [0.3, 0.4) is 0 Å². The van der Waals surface area contributed by atoms with Crippen molar-refractivity contribution >= 4 is 5.97 Å². The molecule has 2 N–H and O–H groups in total. The van der Waals surface area contributed by atoms with Crippen LogP contribution >= 0.6 is 0 Å². The summed E-state index contributed by atoms with van der Waals surface area (Å²) in [4.78, 5) is 11.3. The summed E-state index contributed by atoms with van der Waals surface area (Å²) >= 11 is 0. The molecule has 0 radical (unpaired) electrons. The molecule has 2 fully saturated rings. The number of carbonyl (C=O) groups excluding carboxylic acids is 1. The van der Waals surface area contributed by atoms with E-state index in [0.717, 1.165) is 0 Å². The van der Waals surface area contributed by atoms with Gasteiger partial charge in [0.2, 0.25) is 0 Å². The van der Waals surface area contributed by atoms with Crippen LogP contribution in [-0.4, -0.2) is 46.7 Å². The quantitative estimate of drug-likeness (QED) is 0.614. The Kier molecular flexibility index (Phi) is 2.95. The van der Waals surface area contributed by atoms with E-state index in [1.165, 1.54) is 0 Å². The predicted molar refractivity (Wildman–Crippen MR) is 50.1 cm³/mol. The minimum Gasteiger partial charge on any atom is -0.459 e. The normalized spacial score (nSPS) is 42.2. The molecule has 5 nitrogen and oxygen atoms in total. The molecule has 2 aliphatic heterocycles. The van der Waals surface area contributed by atoms with Gasteiger partial charge >= 0.3 is 5.97 Å². The summed E-state index contributed by atoms with van der Waals surface area (Å²) in [6, 6.07) is 0. The maximum Gasteiger partial charge on any atom is 0.308 e. The van der Waals surface area contributed by atoms with Crippen LogP contribution in [0.1, 0.15) is 26.2 Å². The molecular weight excluding hydrogens is 200 g/mol. The van der Waals surface area contributed by atoms with Gasteiger partial charge in [0.05, 0.1) is 24.7 Å². The van der Waals surface area contributed by atoms with E-state index < -0.39 is 24.4 Å². The predicted octanol–water partition coefficient (Wildman–Crippen LogP) is -0.409. The molecule has 15 heavy (non-hydrogen) atoms. The Hall–Kier alpha value is -0.650. The monoisotopic (exact) mass is 216 g/mol. The molecule has 5 heteroatoms. The number of hydrogen-bond acceptors (Lipinski definition) is 5. The molecule has 2 aliphatic rings. The van der Waals surface area contributed by atoms with Crippen molar-refractivity contribution in [3.63, 3.8) is 0 Å². The van der Waals surface area contributed by atoms with Crippen molar-refractivity contribution in [2.75, 3.05) is 0 Å². The molecule has 0 aromatic rings. The van der Waals surface area contributed by atoms with Gasteiger partial charge in [-0.25, -0.2) is 0 Å². The summed E-state index contributed by atoms with van der Waals surface area (Å²) < 4.78 is 10.7. The highest BCUT2D eigenvalue weighted by Crippen LogP contribution is 2.31. The fourth-order valence-electron chi connectivity index (χ4n) is 2.23. The van der Waals surface area contributed by atoms with Crippen LogP contribution in [0.15, 0.2) is 0 Å². The number of aliphatic hydroxyl groups excluding tert-OH is 2. The first kappa shape index (κ1) is 10.9. The second-order valence-corrected chi connectivity index (χ2v) is 4.34. The molecule has 0 amide bonds. The standard InChI is InChI=1S/C10H16O5/c1-5(11)2-8-10-7(12)3-6(14-10)4-9(13)15-8/h5-8,10-12H,2-4H2,1H3/t5?,6?,7-,8?,10?/m0/s1. The lowest BCUT2D eigenvalue weighted by molar-refractivity contribution is -0.154. The Bertz CT molecular complexity index is 252. The SMILES string of the molecule is CC(O)CC1OC(=O)CC2C[C@H](O)C1O2. The summed E-state index contributed by atoms with van der Waals surface area (Å²) in [5.74, 6) is -0.306. The lowest BCUT2D eigenvalue weighted by Gasteiger charge is -2.25. The second kappa shape index (κ2) is 4.08. The van der Waals surface area contributed by atoms with Gasteiger partial charge < -0.3 is 19.7 Å². The third kappa shape index (κ3) is 2.30. The first-order valence-corrected chi connectivity index (χ1v) is 5.27. The molecule has 0 aliphatic carbocycles. The van der Waals surface area contributed by atoms with E-state index in [1.807, 2.05) is 0 Å².